The third kappa shape index (κ3) is 4.51. The van der Waals surface area contributed by atoms with Gasteiger partial charge in [0.1, 0.15) is 6.61 Å². The van der Waals surface area contributed by atoms with Crippen LogP contribution in [0.1, 0.15) is 55.8 Å². The molecule has 1 aliphatic heterocycles. The molecule has 2 aromatic rings. The van der Waals surface area contributed by atoms with Crippen LogP contribution in [0.4, 0.5) is 0 Å². The van der Waals surface area contributed by atoms with Crippen LogP contribution < -0.4 is 14.8 Å². The maximum atomic E-state index is 12.9. The zero-order valence-electron chi connectivity index (χ0n) is 18.9. The SMILES string of the molecule is CCOc1cc(C2NC(=S)N(CC)C3=C2C(=O)CCC3)ccc1OCc1ccc(C)cc1. The molecule has 1 N–H and O–H groups in total. The average molecular weight is 451 g/mol. The fourth-order valence-corrected chi connectivity index (χ4v) is 4.73. The number of ether oxygens (including phenoxy) is 2. The standard InChI is InChI=1S/C26H30N2O3S/c1-4-28-20-7-6-8-21(29)24(20)25(27-26(28)32)19-13-14-22(23(15-19)30-5-2)31-16-18-11-9-17(3)10-12-18/h9-15,25H,4-8,16H2,1-3H3,(H,27,32). The lowest BCUT2D eigenvalue weighted by atomic mass is 9.84. The van der Waals surface area contributed by atoms with Gasteiger partial charge in [0.25, 0.3) is 0 Å². The molecule has 0 bridgehead atoms. The number of Topliss-reactive ketones (excluding diaryl/α,β-unsaturated/α-hetero) is 1. The number of ketones is 1. The Hall–Kier alpha value is -2.86. The van der Waals surface area contributed by atoms with E-state index in [0.717, 1.165) is 41.8 Å². The molecule has 2 aromatic carbocycles. The molecular weight excluding hydrogens is 420 g/mol. The van der Waals surface area contributed by atoms with Crippen molar-refractivity contribution < 1.29 is 14.3 Å². The van der Waals surface area contributed by atoms with Crippen LogP contribution in [0, 0.1) is 6.92 Å². The summed E-state index contributed by atoms with van der Waals surface area (Å²) in [6, 6.07) is 13.9. The Labute approximate surface area is 195 Å². The molecule has 0 saturated heterocycles. The van der Waals surface area contributed by atoms with E-state index in [1.54, 1.807) is 0 Å². The minimum atomic E-state index is -0.265. The lowest BCUT2D eigenvalue weighted by molar-refractivity contribution is -0.116. The van der Waals surface area contributed by atoms with Gasteiger partial charge in [-0.3, -0.25) is 4.79 Å². The second-order valence-corrected chi connectivity index (χ2v) is 8.56. The zero-order chi connectivity index (χ0) is 22.7. The summed E-state index contributed by atoms with van der Waals surface area (Å²) in [5, 5.41) is 4.07. The molecule has 1 unspecified atom stereocenters. The topological polar surface area (TPSA) is 50.8 Å². The molecule has 0 fully saturated rings. The summed E-state index contributed by atoms with van der Waals surface area (Å²) in [7, 11) is 0. The van der Waals surface area contributed by atoms with Crippen LogP contribution in [0.5, 0.6) is 11.5 Å². The normalized spacial score (nSPS) is 18.3. The van der Waals surface area contributed by atoms with Gasteiger partial charge >= 0.3 is 0 Å². The highest BCUT2D eigenvalue weighted by molar-refractivity contribution is 7.80. The Morgan fingerprint density at radius 3 is 2.56 bits per heavy atom. The summed E-state index contributed by atoms with van der Waals surface area (Å²) in [6.07, 6.45) is 2.33. The van der Waals surface area contributed by atoms with Crippen molar-refractivity contribution in [1.82, 2.24) is 10.2 Å². The van der Waals surface area contributed by atoms with Gasteiger partial charge in [-0.05, 0) is 69.1 Å². The Kier molecular flexibility index (Phi) is 6.80. The summed E-state index contributed by atoms with van der Waals surface area (Å²) in [5.41, 5.74) is 5.18. The molecule has 0 radical (unpaired) electrons. The van der Waals surface area contributed by atoms with Gasteiger partial charge in [0.15, 0.2) is 22.4 Å². The third-order valence-corrected chi connectivity index (χ3v) is 6.33. The van der Waals surface area contributed by atoms with Crippen molar-refractivity contribution in [3.8, 4) is 11.5 Å². The smallest absolute Gasteiger partial charge is 0.173 e. The van der Waals surface area contributed by atoms with E-state index in [2.05, 4.69) is 48.3 Å². The fourth-order valence-electron chi connectivity index (χ4n) is 4.37. The number of carbonyl (C=O) groups is 1. The van der Waals surface area contributed by atoms with E-state index in [4.69, 9.17) is 21.7 Å². The number of carbonyl (C=O) groups excluding carboxylic acids is 1. The van der Waals surface area contributed by atoms with Gasteiger partial charge in [0.05, 0.1) is 12.6 Å². The molecule has 168 valence electrons. The van der Waals surface area contributed by atoms with Crippen molar-refractivity contribution in [2.45, 2.75) is 52.7 Å². The number of hydrogen-bond acceptors (Lipinski definition) is 4. The number of benzene rings is 2. The summed E-state index contributed by atoms with van der Waals surface area (Å²) < 4.78 is 12.0. The van der Waals surface area contributed by atoms with Gasteiger partial charge in [-0.15, -0.1) is 0 Å². The first-order chi connectivity index (χ1) is 15.5. The fraction of sp³-hybridized carbons (Fsp3) is 0.385. The predicted molar refractivity (Wildman–Crippen MR) is 130 cm³/mol. The Morgan fingerprint density at radius 1 is 1.06 bits per heavy atom. The first-order valence-corrected chi connectivity index (χ1v) is 11.7. The first-order valence-electron chi connectivity index (χ1n) is 11.3. The monoisotopic (exact) mass is 450 g/mol. The number of hydrogen-bond donors (Lipinski definition) is 1. The Morgan fingerprint density at radius 2 is 1.84 bits per heavy atom. The molecular formula is C26H30N2O3S. The van der Waals surface area contributed by atoms with Crippen molar-refractivity contribution in [1.29, 1.82) is 0 Å². The molecule has 2 aliphatic rings. The van der Waals surface area contributed by atoms with Crippen LogP contribution in [0.15, 0.2) is 53.7 Å². The van der Waals surface area contributed by atoms with Crippen molar-refractivity contribution in [3.05, 3.63) is 70.4 Å². The second kappa shape index (κ2) is 9.74. The quantitative estimate of drug-likeness (QED) is 0.583. The number of nitrogens with one attached hydrogen (secondary N) is 1. The molecule has 4 rings (SSSR count). The van der Waals surface area contributed by atoms with E-state index in [-0.39, 0.29) is 11.8 Å². The summed E-state index contributed by atoms with van der Waals surface area (Å²) in [4.78, 5) is 15.0. The maximum absolute atomic E-state index is 12.9. The second-order valence-electron chi connectivity index (χ2n) is 8.18. The molecule has 6 heteroatoms. The molecule has 32 heavy (non-hydrogen) atoms. The largest absolute Gasteiger partial charge is 0.490 e. The molecule has 1 atom stereocenters. The molecule has 0 saturated carbocycles. The minimum Gasteiger partial charge on any atom is -0.490 e. The minimum absolute atomic E-state index is 0.197. The number of allylic oxidation sites excluding steroid dienone is 1. The number of rotatable bonds is 7. The molecule has 1 aliphatic carbocycles. The average Bonchev–Trinajstić information content (AvgIpc) is 2.79. The summed E-state index contributed by atoms with van der Waals surface area (Å²) in [5.74, 6) is 1.56. The van der Waals surface area contributed by atoms with Gasteiger partial charge in [0.2, 0.25) is 0 Å². The van der Waals surface area contributed by atoms with Crippen molar-refractivity contribution >= 4 is 23.1 Å². The highest BCUT2D eigenvalue weighted by Gasteiger charge is 2.36. The Balaban J connectivity index is 1.64. The molecule has 0 aromatic heterocycles. The van der Waals surface area contributed by atoms with Gasteiger partial charge in [-0.1, -0.05) is 35.9 Å². The summed E-state index contributed by atoms with van der Waals surface area (Å²) >= 11 is 5.64. The third-order valence-electron chi connectivity index (χ3n) is 5.99. The van der Waals surface area contributed by atoms with Gasteiger partial charge in [-0.25, -0.2) is 0 Å². The van der Waals surface area contributed by atoms with Crippen LogP contribution in [0.2, 0.25) is 0 Å². The van der Waals surface area contributed by atoms with E-state index < -0.39 is 0 Å². The first kappa shape index (κ1) is 22.3. The van der Waals surface area contributed by atoms with Crippen LogP contribution in [0.25, 0.3) is 0 Å². The zero-order valence-corrected chi connectivity index (χ0v) is 19.8. The van der Waals surface area contributed by atoms with Crippen LogP contribution >= 0.6 is 12.2 Å². The predicted octanol–water partition coefficient (Wildman–Crippen LogP) is 5.23. The highest BCUT2D eigenvalue weighted by atomic mass is 32.1. The number of nitrogens with zero attached hydrogens (tertiary/aromatic N) is 1. The van der Waals surface area contributed by atoms with E-state index in [1.807, 2.05) is 25.1 Å². The maximum Gasteiger partial charge on any atom is 0.173 e. The number of thiocarbonyl (C=S) groups is 1. The van der Waals surface area contributed by atoms with E-state index in [9.17, 15) is 4.79 Å². The van der Waals surface area contributed by atoms with Crippen LogP contribution in [-0.2, 0) is 11.4 Å². The van der Waals surface area contributed by atoms with Crippen molar-refractivity contribution in [2.75, 3.05) is 13.2 Å². The lowest BCUT2D eigenvalue weighted by Gasteiger charge is -2.40. The molecule has 1 heterocycles. The van der Waals surface area contributed by atoms with Gasteiger partial charge in [0, 0.05) is 24.2 Å². The van der Waals surface area contributed by atoms with E-state index in [1.165, 1.54) is 5.56 Å². The molecule has 0 amide bonds. The highest BCUT2D eigenvalue weighted by Crippen LogP contribution is 2.40. The molecule has 5 nitrogen and oxygen atoms in total. The van der Waals surface area contributed by atoms with E-state index in [0.29, 0.717) is 36.2 Å². The van der Waals surface area contributed by atoms with Crippen molar-refractivity contribution in [2.24, 2.45) is 0 Å². The lowest BCUT2D eigenvalue weighted by Crippen LogP contribution is -2.49. The summed E-state index contributed by atoms with van der Waals surface area (Å²) in [6.45, 7) is 7.82. The van der Waals surface area contributed by atoms with Crippen LogP contribution in [-0.4, -0.2) is 28.9 Å². The number of aryl methyl sites for hydroxylation is 1. The van der Waals surface area contributed by atoms with E-state index >= 15 is 0 Å². The molecule has 0 spiro atoms. The van der Waals surface area contributed by atoms with Crippen LogP contribution in [0.3, 0.4) is 0 Å². The van der Waals surface area contributed by atoms with Gasteiger partial charge < -0.3 is 19.7 Å². The van der Waals surface area contributed by atoms with Crippen molar-refractivity contribution in [3.63, 3.8) is 0 Å². The Bertz CT molecular complexity index is 1050. The van der Waals surface area contributed by atoms with Gasteiger partial charge in [-0.2, -0.15) is 0 Å².